The van der Waals surface area contributed by atoms with E-state index in [1.807, 2.05) is 0 Å². The maximum atomic E-state index is 13.6. The predicted molar refractivity (Wildman–Crippen MR) is 77.3 cm³/mol. The summed E-state index contributed by atoms with van der Waals surface area (Å²) in [4.78, 5) is 0. The van der Waals surface area contributed by atoms with E-state index in [-0.39, 0.29) is 0 Å². The SMILES string of the molecule is COCCn1ncc(Cl)c1C(O)c1ccc(Br)c(F)c1. The second-order valence-corrected chi connectivity index (χ2v) is 5.43. The first-order valence-electron chi connectivity index (χ1n) is 5.87. The Labute approximate surface area is 129 Å². The molecule has 0 aliphatic carbocycles. The van der Waals surface area contributed by atoms with Crippen molar-refractivity contribution in [1.82, 2.24) is 9.78 Å². The van der Waals surface area contributed by atoms with Crippen molar-refractivity contribution in [3.63, 3.8) is 0 Å². The van der Waals surface area contributed by atoms with E-state index in [1.54, 1.807) is 17.9 Å². The number of methoxy groups -OCH3 is 1. The zero-order valence-corrected chi connectivity index (χ0v) is 13.0. The van der Waals surface area contributed by atoms with Crippen molar-refractivity contribution in [2.24, 2.45) is 0 Å². The van der Waals surface area contributed by atoms with Crippen LogP contribution in [0.3, 0.4) is 0 Å². The molecule has 7 heteroatoms. The number of benzene rings is 1. The van der Waals surface area contributed by atoms with Crippen molar-refractivity contribution in [2.75, 3.05) is 13.7 Å². The fraction of sp³-hybridized carbons (Fsp3) is 0.308. The van der Waals surface area contributed by atoms with Gasteiger partial charge in [0.2, 0.25) is 0 Å². The number of ether oxygens (including phenoxy) is 1. The van der Waals surface area contributed by atoms with E-state index in [0.29, 0.717) is 33.9 Å². The van der Waals surface area contributed by atoms with Gasteiger partial charge in [0, 0.05) is 7.11 Å². The van der Waals surface area contributed by atoms with Gasteiger partial charge in [0.25, 0.3) is 0 Å². The first kappa shape index (κ1) is 15.4. The van der Waals surface area contributed by atoms with Gasteiger partial charge in [0.1, 0.15) is 11.9 Å². The molecule has 0 aliphatic heterocycles. The molecular formula is C13H13BrClFN2O2. The standard InChI is InChI=1S/C13H13BrClFN2O2/c1-20-5-4-18-12(10(15)7-17-18)13(19)8-2-3-9(14)11(16)6-8/h2-3,6-7,13,19H,4-5H2,1H3. The summed E-state index contributed by atoms with van der Waals surface area (Å²) in [5, 5.41) is 14.8. The zero-order valence-electron chi connectivity index (χ0n) is 10.7. The second kappa shape index (κ2) is 6.67. The number of aliphatic hydroxyl groups excluding tert-OH is 1. The van der Waals surface area contributed by atoms with Gasteiger partial charge in [0.05, 0.1) is 34.5 Å². The lowest BCUT2D eigenvalue weighted by molar-refractivity contribution is 0.171. The molecule has 0 saturated carbocycles. The molecule has 2 aromatic rings. The highest BCUT2D eigenvalue weighted by molar-refractivity contribution is 9.10. The lowest BCUT2D eigenvalue weighted by Gasteiger charge is -2.14. The van der Waals surface area contributed by atoms with Crippen LogP contribution in [0.15, 0.2) is 28.9 Å². The molecule has 1 aromatic heterocycles. The Balaban J connectivity index is 2.34. The van der Waals surface area contributed by atoms with Crippen molar-refractivity contribution in [1.29, 1.82) is 0 Å². The van der Waals surface area contributed by atoms with Gasteiger partial charge in [-0.1, -0.05) is 17.7 Å². The number of hydrogen-bond donors (Lipinski definition) is 1. The van der Waals surface area contributed by atoms with Crippen molar-refractivity contribution in [2.45, 2.75) is 12.6 Å². The number of rotatable bonds is 5. The minimum absolute atomic E-state index is 0.330. The van der Waals surface area contributed by atoms with Gasteiger partial charge in [-0.15, -0.1) is 0 Å². The van der Waals surface area contributed by atoms with E-state index >= 15 is 0 Å². The van der Waals surface area contributed by atoms with Crippen LogP contribution < -0.4 is 0 Å². The average Bonchev–Trinajstić information content (AvgIpc) is 2.80. The molecule has 4 nitrogen and oxygen atoms in total. The Hall–Kier alpha value is -0.950. The van der Waals surface area contributed by atoms with Crippen LogP contribution in [0.4, 0.5) is 4.39 Å². The summed E-state index contributed by atoms with van der Waals surface area (Å²) in [5.74, 6) is -0.444. The van der Waals surface area contributed by atoms with Crippen LogP contribution in [0, 0.1) is 5.82 Å². The Morgan fingerprint density at radius 3 is 2.95 bits per heavy atom. The van der Waals surface area contributed by atoms with Crippen molar-refractivity contribution in [3.05, 3.63) is 51.0 Å². The molecule has 1 aromatic carbocycles. The van der Waals surface area contributed by atoms with Gasteiger partial charge in [-0.2, -0.15) is 5.10 Å². The van der Waals surface area contributed by atoms with Crippen molar-refractivity contribution >= 4 is 27.5 Å². The molecule has 1 unspecified atom stereocenters. The monoisotopic (exact) mass is 362 g/mol. The van der Waals surface area contributed by atoms with Crippen LogP contribution in [-0.2, 0) is 11.3 Å². The molecule has 1 N–H and O–H groups in total. The lowest BCUT2D eigenvalue weighted by Crippen LogP contribution is -2.13. The van der Waals surface area contributed by atoms with E-state index in [2.05, 4.69) is 21.0 Å². The van der Waals surface area contributed by atoms with E-state index < -0.39 is 11.9 Å². The zero-order chi connectivity index (χ0) is 14.7. The smallest absolute Gasteiger partial charge is 0.137 e. The Morgan fingerprint density at radius 2 is 2.30 bits per heavy atom. The van der Waals surface area contributed by atoms with E-state index in [9.17, 15) is 9.50 Å². The molecule has 0 fully saturated rings. The molecule has 0 amide bonds. The molecule has 1 heterocycles. The molecule has 0 bridgehead atoms. The van der Waals surface area contributed by atoms with Gasteiger partial charge >= 0.3 is 0 Å². The number of aliphatic hydroxyl groups is 1. The van der Waals surface area contributed by atoms with Gasteiger partial charge < -0.3 is 9.84 Å². The third-order valence-corrected chi connectivity index (χ3v) is 3.79. The topological polar surface area (TPSA) is 47.3 Å². The molecule has 1 atom stereocenters. The number of aromatic nitrogens is 2. The van der Waals surface area contributed by atoms with Crippen LogP contribution in [0.2, 0.25) is 5.02 Å². The van der Waals surface area contributed by atoms with Crippen LogP contribution in [0.1, 0.15) is 17.4 Å². The van der Waals surface area contributed by atoms with E-state index in [1.165, 1.54) is 18.3 Å². The van der Waals surface area contributed by atoms with E-state index in [4.69, 9.17) is 16.3 Å². The molecule has 2 rings (SSSR count). The Morgan fingerprint density at radius 1 is 1.55 bits per heavy atom. The predicted octanol–water partition coefficient (Wildman–Crippen LogP) is 3.17. The molecule has 0 radical (unpaired) electrons. The molecule has 0 saturated heterocycles. The van der Waals surface area contributed by atoms with Crippen molar-refractivity contribution < 1.29 is 14.2 Å². The lowest BCUT2D eigenvalue weighted by atomic mass is 10.1. The summed E-state index contributed by atoms with van der Waals surface area (Å²) in [5.41, 5.74) is 0.831. The van der Waals surface area contributed by atoms with Crippen molar-refractivity contribution in [3.8, 4) is 0 Å². The third kappa shape index (κ3) is 3.20. The normalized spacial score (nSPS) is 12.7. The summed E-state index contributed by atoms with van der Waals surface area (Å²) in [6.45, 7) is 0.890. The summed E-state index contributed by atoms with van der Waals surface area (Å²) >= 11 is 9.13. The maximum absolute atomic E-state index is 13.6. The Bertz CT molecular complexity index is 606. The molecular weight excluding hydrogens is 351 g/mol. The first-order valence-corrected chi connectivity index (χ1v) is 7.05. The van der Waals surface area contributed by atoms with Crippen LogP contribution in [0.5, 0.6) is 0 Å². The first-order chi connectivity index (χ1) is 9.54. The highest BCUT2D eigenvalue weighted by Crippen LogP contribution is 2.30. The van der Waals surface area contributed by atoms with Gasteiger partial charge in [0.15, 0.2) is 0 Å². The van der Waals surface area contributed by atoms with Gasteiger partial charge in [-0.25, -0.2) is 4.39 Å². The highest BCUT2D eigenvalue weighted by atomic mass is 79.9. The van der Waals surface area contributed by atoms with Crippen LogP contribution >= 0.6 is 27.5 Å². The van der Waals surface area contributed by atoms with E-state index in [0.717, 1.165) is 0 Å². The molecule has 0 aliphatic rings. The molecule has 0 spiro atoms. The summed E-state index contributed by atoms with van der Waals surface area (Å²) in [6.07, 6.45) is 0.398. The fourth-order valence-electron chi connectivity index (χ4n) is 1.84. The highest BCUT2D eigenvalue weighted by Gasteiger charge is 2.20. The second-order valence-electron chi connectivity index (χ2n) is 4.17. The average molecular weight is 364 g/mol. The number of nitrogens with zero attached hydrogens (tertiary/aromatic N) is 2. The summed E-state index contributed by atoms with van der Waals surface area (Å²) < 4.78 is 20.4. The minimum Gasteiger partial charge on any atom is -0.383 e. The third-order valence-electron chi connectivity index (χ3n) is 2.86. The molecule has 20 heavy (non-hydrogen) atoms. The Kier molecular flexibility index (Phi) is 5.15. The van der Waals surface area contributed by atoms with Crippen LogP contribution in [-0.4, -0.2) is 28.6 Å². The quantitative estimate of drug-likeness (QED) is 0.887. The number of halogens is 3. The minimum atomic E-state index is -1.05. The van der Waals surface area contributed by atoms with Crippen LogP contribution in [0.25, 0.3) is 0 Å². The number of hydrogen-bond acceptors (Lipinski definition) is 3. The maximum Gasteiger partial charge on any atom is 0.137 e. The summed E-state index contributed by atoms with van der Waals surface area (Å²) in [6, 6.07) is 4.43. The van der Waals surface area contributed by atoms with Gasteiger partial charge in [-0.3, -0.25) is 4.68 Å². The summed E-state index contributed by atoms with van der Waals surface area (Å²) in [7, 11) is 1.57. The molecule has 108 valence electrons. The fourth-order valence-corrected chi connectivity index (χ4v) is 2.33. The van der Waals surface area contributed by atoms with Gasteiger partial charge in [-0.05, 0) is 33.6 Å². The largest absolute Gasteiger partial charge is 0.383 e.